The molecule has 2 aromatic rings. The van der Waals surface area contributed by atoms with E-state index in [1.54, 1.807) is 0 Å². The molecule has 0 aliphatic carbocycles. The third-order valence-electron chi connectivity index (χ3n) is 5.55. The van der Waals surface area contributed by atoms with E-state index in [1.165, 1.54) is 0 Å². The average Bonchev–Trinajstić information content (AvgIpc) is 2.95. The molecule has 1 amide bonds. The van der Waals surface area contributed by atoms with Gasteiger partial charge in [0.05, 0.1) is 12.2 Å². The van der Waals surface area contributed by atoms with Crippen LogP contribution in [0.5, 0.6) is 0 Å². The molecule has 2 aromatic carbocycles. The predicted molar refractivity (Wildman–Crippen MR) is 133 cm³/mol. The Labute approximate surface area is 193 Å². The molecule has 166 valence electrons. The lowest BCUT2D eigenvalue weighted by molar-refractivity contribution is -0.127. The monoisotopic (exact) mass is 449 g/mol. The number of nitrogens with two attached hydrogens (primary N) is 1. The number of fused-ring (bicyclic) bond motifs is 2. The molecule has 0 saturated heterocycles. The fraction of sp³-hybridized carbons (Fsp3) is 0.320. The van der Waals surface area contributed by atoms with Crippen molar-refractivity contribution in [3.63, 3.8) is 0 Å². The molecule has 0 atom stereocenters. The maximum atomic E-state index is 13.2. The number of amidine groups is 2. The molecule has 0 bridgehead atoms. The summed E-state index contributed by atoms with van der Waals surface area (Å²) in [4.78, 5) is 24.3. The topological polar surface area (TPSA) is 83.1 Å². The quantitative estimate of drug-likeness (QED) is 0.640. The minimum atomic E-state index is 0.0376. The molecule has 0 fully saturated rings. The molecule has 32 heavy (non-hydrogen) atoms. The first-order chi connectivity index (χ1) is 15.5. The van der Waals surface area contributed by atoms with Gasteiger partial charge in [-0.05, 0) is 42.7 Å². The van der Waals surface area contributed by atoms with Gasteiger partial charge < -0.3 is 16.0 Å². The van der Waals surface area contributed by atoms with Crippen molar-refractivity contribution in [2.45, 2.75) is 39.7 Å². The van der Waals surface area contributed by atoms with Gasteiger partial charge in [-0.25, -0.2) is 4.99 Å². The van der Waals surface area contributed by atoms with Gasteiger partial charge >= 0.3 is 0 Å². The van der Waals surface area contributed by atoms with E-state index in [4.69, 9.17) is 17.3 Å². The molecular formula is C25H28ClN5O. The van der Waals surface area contributed by atoms with Gasteiger partial charge in [-0.2, -0.15) is 0 Å². The van der Waals surface area contributed by atoms with Crippen LogP contribution in [0.3, 0.4) is 0 Å². The number of halogens is 1. The molecule has 6 nitrogen and oxygen atoms in total. The summed E-state index contributed by atoms with van der Waals surface area (Å²) in [5, 5.41) is 4.05. The molecule has 2 heterocycles. The maximum absolute atomic E-state index is 13.2. The first-order valence-electron chi connectivity index (χ1n) is 11.1. The second-order valence-corrected chi connectivity index (χ2v) is 8.54. The molecule has 4 rings (SSSR count). The van der Waals surface area contributed by atoms with Crippen LogP contribution in [0.15, 0.2) is 52.0 Å². The fourth-order valence-electron chi connectivity index (χ4n) is 4.03. The van der Waals surface area contributed by atoms with Gasteiger partial charge in [-0.3, -0.25) is 9.79 Å². The Kier molecular flexibility index (Phi) is 6.61. The standard InChI is InChI=1S/C25H28ClN5O/c1-3-9-31(10-4-2)25(32)19-11-16-5-6-17(12-21(16)29-23(27)13-19)24-28-15-18-7-8-20(26)14-22(18)30-24/h5-8,11-12,14H,3-4,9-10,13,15H2,1-2H3,(H2,27,29)(H,28,30). The normalized spacial score (nSPS) is 14.8. The van der Waals surface area contributed by atoms with Crippen LogP contribution in [0.25, 0.3) is 6.08 Å². The number of anilines is 1. The van der Waals surface area contributed by atoms with Crippen LogP contribution in [0, 0.1) is 0 Å². The third kappa shape index (κ3) is 4.70. The number of hydrogen-bond donors (Lipinski definition) is 2. The first-order valence-corrected chi connectivity index (χ1v) is 11.4. The van der Waals surface area contributed by atoms with E-state index in [9.17, 15) is 4.79 Å². The highest BCUT2D eigenvalue weighted by Crippen LogP contribution is 2.31. The van der Waals surface area contributed by atoms with Crippen molar-refractivity contribution >= 4 is 46.6 Å². The summed E-state index contributed by atoms with van der Waals surface area (Å²) in [6, 6.07) is 11.7. The Bertz CT molecular complexity index is 1130. The fourth-order valence-corrected chi connectivity index (χ4v) is 4.20. The van der Waals surface area contributed by atoms with Gasteiger partial charge in [-0.15, -0.1) is 0 Å². The van der Waals surface area contributed by atoms with E-state index in [0.29, 0.717) is 29.4 Å². The van der Waals surface area contributed by atoms with Gasteiger partial charge in [0.25, 0.3) is 0 Å². The van der Waals surface area contributed by atoms with Crippen LogP contribution in [-0.2, 0) is 11.3 Å². The first kappa shape index (κ1) is 22.1. The van der Waals surface area contributed by atoms with E-state index in [1.807, 2.05) is 47.4 Å². The van der Waals surface area contributed by atoms with Gasteiger partial charge in [0.15, 0.2) is 0 Å². The number of nitrogens with one attached hydrogen (secondary N) is 1. The van der Waals surface area contributed by atoms with Crippen molar-refractivity contribution in [3.8, 4) is 0 Å². The minimum absolute atomic E-state index is 0.0376. The second kappa shape index (κ2) is 9.57. The zero-order chi connectivity index (χ0) is 22.7. The summed E-state index contributed by atoms with van der Waals surface area (Å²) in [5.41, 5.74) is 11.5. The van der Waals surface area contributed by atoms with Crippen LogP contribution < -0.4 is 11.1 Å². The van der Waals surface area contributed by atoms with E-state index in [0.717, 1.165) is 59.8 Å². The molecule has 0 unspecified atom stereocenters. The van der Waals surface area contributed by atoms with Crippen molar-refractivity contribution < 1.29 is 4.79 Å². The van der Waals surface area contributed by atoms with E-state index < -0.39 is 0 Å². The second-order valence-electron chi connectivity index (χ2n) is 8.11. The minimum Gasteiger partial charge on any atom is -0.387 e. The number of amides is 1. The van der Waals surface area contributed by atoms with Crippen molar-refractivity contribution in [2.75, 3.05) is 18.4 Å². The average molecular weight is 450 g/mol. The lowest BCUT2D eigenvalue weighted by Crippen LogP contribution is -2.34. The van der Waals surface area contributed by atoms with Crippen molar-refractivity contribution in [3.05, 3.63) is 63.7 Å². The van der Waals surface area contributed by atoms with E-state index in [2.05, 4.69) is 29.1 Å². The lowest BCUT2D eigenvalue weighted by Gasteiger charge is -2.22. The lowest BCUT2D eigenvalue weighted by atomic mass is 10.0. The molecule has 2 aliphatic heterocycles. The molecule has 0 spiro atoms. The van der Waals surface area contributed by atoms with E-state index in [-0.39, 0.29) is 5.91 Å². The van der Waals surface area contributed by atoms with Crippen LogP contribution in [0.4, 0.5) is 11.4 Å². The van der Waals surface area contributed by atoms with Crippen molar-refractivity contribution in [1.29, 1.82) is 0 Å². The summed E-state index contributed by atoms with van der Waals surface area (Å²) >= 11 is 6.15. The zero-order valence-corrected chi connectivity index (χ0v) is 19.2. The highest BCUT2D eigenvalue weighted by atomic mass is 35.5. The third-order valence-corrected chi connectivity index (χ3v) is 5.79. The van der Waals surface area contributed by atoms with Crippen LogP contribution in [0.1, 0.15) is 49.8 Å². The Morgan fingerprint density at radius 2 is 1.94 bits per heavy atom. The Hall–Kier alpha value is -3.12. The smallest absolute Gasteiger partial charge is 0.250 e. The summed E-state index contributed by atoms with van der Waals surface area (Å²) in [7, 11) is 0. The van der Waals surface area contributed by atoms with Crippen LogP contribution >= 0.6 is 11.6 Å². The highest BCUT2D eigenvalue weighted by Gasteiger charge is 2.21. The number of rotatable bonds is 6. The van der Waals surface area contributed by atoms with E-state index >= 15 is 0 Å². The maximum Gasteiger partial charge on any atom is 0.250 e. The van der Waals surface area contributed by atoms with Crippen molar-refractivity contribution in [1.82, 2.24) is 4.90 Å². The highest BCUT2D eigenvalue weighted by molar-refractivity contribution is 6.31. The molecular weight excluding hydrogens is 422 g/mol. The SMILES string of the molecule is CCCN(CCC)C(=O)C1=Cc2ccc(C3=NCc4ccc(Cl)cc4N3)cc2N=C(N)C1. The molecule has 0 radical (unpaired) electrons. The Morgan fingerprint density at radius 1 is 1.16 bits per heavy atom. The summed E-state index contributed by atoms with van der Waals surface area (Å²) in [6.07, 6.45) is 4.12. The molecule has 0 aromatic heterocycles. The number of nitrogens with zero attached hydrogens (tertiary/aromatic N) is 3. The van der Waals surface area contributed by atoms with Gasteiger partial charge in [0, 0.05) is 46.9 Å². The van der Waals surface area contributed by atoms with Gasteiger partial charge in [-0.1, -0.05) is 43.6 Å². The molecule has 7 heteroatoms. The molecule has 2 aliphatic rings. The van der Waals surface area contributed by atoms with Gasteiger partial charge in [0.1, 0.15) is 11.7 Å². The number of aliphatic imine (C=N–C) groups is 2. The number of carbonyl (C=O) groups excluding carboxylic acids is 1. The summed E-state index contributed by atoms with van der Waals surface area (Å²) < 4.78 is 0. The molecule has 3 N–H and O–H groups in total. The Balaban J connectivity index is 1.64. The largest absolute Gasteiger partial charge is 0.387 e. The summed E-state index contributed by atoms with van der Waals surface area (Å²) in [6.45, 7) is 6.23. The number of carbonyl (C=O) groups is 1. The number of hydrogen-bond acceptors (Lipinski definition) is 5. The predicted octanol–water partition coefficient (Wildman–Crippen LogP) is 5.14. The van der Waals surface area contributed by atoms with Crippen LogP contribution in [-0.4, -0.2) is 35.6 Å². The van der Waals surface area contributed by atoms with Crippen LogP contribution in [0.2, 0.25) is 5.02 Å². The Morgan fingerprint density at radius 3 is 2.69 bits per heavy atom. The zero-order valence-electron chi connectivity index (χ0n) is 18.5. The van der Waals surface area contributed by atoms with Crippen molar-refractivity contribution in [2.24, 2.45) is 15.7 Å². The summed E-state index contributed by atoms with van der Waals surface area (Å²) in [5.74, 6) is 1.23. The number of benzene rings is 2. The molecule has 0 saturated carbocycles. The van der Waals surface area contributed by atoms with Gasteiger partial charge in [0.2, 0.25) is 5.91 Å².